The van der Waals surface area contributed by atoms with E-state index < -0.39 is 9.84 Å². The highest BCUT2D eigenvalue weighted by Gasteiger charge is 2.35. The van der Waals surface area contributed by atoms with Gasteiger partial charge in [-0.1, -0.05) is 30.3 Å². The molecule has 0 aliphatic carbocycles. The van der Waals surface area contributed by atoms with Crippen LogP contribution in [-0.2, 0) is 16.4 Å². The topological polar surface area (TPSA) is 76.8 Å². The number of rotatable bonds is 2. The highest BCUT2D eigenvalue weighted by Crippen LogP contribution is 2.35. The maximum absolute atomic E-state index is 13.3. The number of hydrogen-bond acceptors (Lipinski definition) is 6. The van der Waals surface area contributed by atoms with Crippen LogP contribution in [0.3, 0.4) is 0 Å². The molecule has 5 rings (SSSR count). The molecule has 1 fully saturated rings. The van der Waals surface area contributed by atoms with Crippen molar-refractivity contribution in [3.05, 3.63) is 64.0 Å². The average Bonchev–Trinajstić information content (AvgIpc) is 3.08. The molecule has 3 aromatic rings. The molecule has 1 aromatic heterocycles. The number of sulfone groups is 1. The van der Waals surface area contributed by atoms with Crippen LogP contribution >= 0.6 is 0 Å². The molecule has 2 aliphatic rings. The summed E-state index contributed by atoms with van der Waals surface area (Å²) in [6, 6.07) is 13.0. The summed E-state index contributed by atoms with van der Waals surface area (Å²) in [5.74, 6) is 1.61. The summed E-state index contributed by atoms with van der Waals surface area (Å²) in [5.41, 5.74) is 2.65. The Morgan fingerprint density at radius 2 is 1.90 bits per heavy atom. The summed E-state index contributed by atoms with van der Waals surface area (Å²) in [4.78, 5) is 15.3. The number of hydrogen-bond donors (Lipinski definition) is 0. The molecule has 1 atom stereocenters. The minimum Gasteiger partial charge on any atom is -0.478 e. The van der Waals surface area contributed by atoms with Gasteiger partial charge in [0, 0.05) is 12.6 Å². The third kappa shape index (κ3) is 3.14. The zero-order valence-electron chi connectivity index (χ0n) is 16.1. The summed E-state index contributed by atoms with van der Waals surface area (Å²) < 4.78 is 35.8. The summed E-state index contributed by atoms with van der Waals surface area (Å²) in [7, 11) is -2.99. The molecule has 0 radical (unpaired) electrons. The van der Waals surface area contributed by atoms with E-state index in [2.05, 4.69) is 0 Å². The molecule has 7 heteroatoms. The van der Waals surface area contributed by atoms with Gasteiger partial charge in [-0.2, -0.15) is 0 Å². The van der Waals surface area contributed by atoms with Crippen molar-refractivity contribution in [2.75, 3.05) is 18.2 Å². The highest BCUT2D eigenvalue weighted by molar-refractivity contribution is 7.91. The van der Waals surface area contributed by atoms with E-state index in [4.69, 9.17) is 9.15 Å². The fraction of sp³-hybridized carbons (Fsp3) is 0.318. The van der Waals surface area contributed by atoms with Gasteiger partial charge in [-0.05, 0) is 31.0 Å². The summed E-state index contributed by atoms with van der Waals surface area (Å²) >= 11 is 0. The second-order valence-corrected chi connectivity index (χ2v) is 9.95. The number of aryl methyl sites for hydroxylation is 1. The minimum absolute atomic E-state index is 0.0696. The zero-order valence-corrected chi connectivity index (χ0v) is 16.9. The first-order valence-electron chi connectivity index (χ1n) is 9.65. The van der Waals surface area contributed by atoms with Crippen molar-refractivity contribution in [2.45, 2.75) is 25.9 Å². The number of fused-ring (bicyclic) bond motifs is 3. The monoisotopic (exact) mass is 411 g/mol. The Morgan fingerprint density at radius 1 is 1.10 bits per heavy atom. The number of ether oxygens (including phenoxy) is 1. The fourth-order valence-electron chi connectivity index (χ4n) is 4.33. The molecular formula is C22H21NO5S. The molecule has 150 valence electrons. The fourth-order valence-corrected chi connectivity index (χ4v) is 6.09. The molecule has 3 heterocycles. The largest absolute Gasteiger partial charge is 0.478 e. The van der Waals surface area contributed by atoms with Crippen LogP contribution in [-0.4, -0.2) is 37.6 Å². The van der Waals surface area contributed by atoms with E-state index in [-0.39, 0.29) is 23.0 Å². The Labute approximate surface area is 168 Å². The van der Waals surface area contributed by atoms with Crippen LogP contribution in [0.25, 0.3) is 22.1 Å². The highest BCUT2D eigenvalue weighted by atomic mass is 32.2. The van der Waals surface area contributed by atoms with Crippen LogP contribution in [0.1, 0.15) is 17.7 Å². The van der Waals surface area contributed by atoms with Crippen LogP contribution < -0.4 is 10.2 Å². The van der Waals surface area contributed by atoms with Crippen molar-refractivity contribution < 1.29 is 17.6 Å². The zero-order chi connectivity index (χ0) is 20.2. The summed E-state index contributed by atoms with van der Waals surface area (Å²) in [6.07, 6.45) is 0.604. The van der Waals surface area contributed by atoms with Gasteiger partial charge >= 0.3 is 0 Å². The quantitative estimate of drug-likeness (QED) is 0.645. The Bertz CT molecular complexity index is 1260. The van der Waals surface area contributed by atoms with Gasteiger partial charge in [-0.3, -0.25) is 9.69 Å². The predicted molar refractivity (Wildman–Crippen MR) is 111 cm³/mol. The molecule has 0 amide bonds. The molecule has 2 aromatic carbocycles. The molecule has 0 saturated carbocycles. The van der Waals surface area contributed by atoms with Gasteiger partial charge in [0.05, 0.1) is 28.0 Å². The first-order valence-corrected chi connectivity index (χ1v) is 11.5. The van der Waals surface area contributed by atoms with Crippen molar-refractivity contribution >= 4 is 20.8 Å². The van der Waals surface area contributed by atoms with Crippen molar-refractivity contribution in [1.29, 1.82) is 0 Å². The molecule has 0 N–H and O–H groups in total. The molecule has 6 nitrogen and oxygen atoms in total. The van der Waals surface area contributed by atoms with Crippen molar-refractivity contribution in [3.8, 4) is 16.9 Å². The van der Waals surface area contributed by atoms with Crippen LogP contribution in [0.5, 0.6) is 5.75 Å². The molecule has 29 heavy (non-hydrogen) atoms. The molecule has 1 unspecified atom stereocenters. The van der Waals surface area contributed by atoms with Gasteiger partial charge in [-0.15, -0.1) is 0 Å². The smallest absolute Gasteiger partial charge is 0.200 e. The van der Waals surface area contributed by atoms with E-state index in [9.17, 15) is 13.2 Å². The lowest BCUT2D eigenvalue weighted by atomic mass is 10.0. The Balaban J connectivity index is 1.61. The predicted octanol–water partition coefficient (Wildman–Crippen LogP) is 3.11. The van der Waals surface area contributed by atoms with Crippen molar-refractivity contribution in [2.24, 2.45) is 0 Å². The standard InChI is InChI=1S/C22H21NO5S/c1-14-20(15-5-3-2-4-6-15)21(24)17-7-8-19-18(22(17)28-14)11-23(13-27-19)16-9-10-29(25,26)12-16/h2-8,16H,9-13H2,1H3. The molecule has 0 bridgehead atoms. The van der Waals surface area contributed by atoms with Gasteiger partial charge in [0.2, 0.25) is 5.43 Å². The van der Waals surface area contributed by atoms with Gasteiger partial charge in [0.1, 0.15) is 23.8 Å². The van der Waals surface area contributed by atoms with Gasteiger partial charge in [-0.25, -0.2) is 8.42 Å². The lowest BCUT2D eigenvalue weighted by molar-refractivity contribution is 0.0649. The number of nitrogens with zero attached hydrogens (tertiary/aromatic N) is 1. The third-order valence-electron chi connectivity index (χ3n) is 5.83. The molecule has 1 saturated heterocycles. The van der Waals surface area contributed by atoms with Crippen molar-refractivity contribution in [1.82, 2.24) is 4.90 Å². The minimum atomic E-state index is -2.99. The molecular weight excluding hydrogens is 390 g/mol. The third-order valence-corrected chi connectivity index (χ3v) is 7.58. The van der Waals surface area contributed by atoms with E-state index in [1.807, 2.05) is 35.2 Å². The Morgan fingerprint density at radius 3 is 2.62 bits per heavy atom. The van der Waals surface area contributed by atoms with E-state index in [0.717, 1.165) is 11.1 Å². The van der Waals surface area contributed by atoms with Crippen LogP contribution in [0.2, 0.25) is 0 Å². The van der Waals surface area contributed by atoms with E-state index >= 15 is 0 Å². The lowest BCUT2D eigenvalue weighted by Gasteiger charge is -2.33. The van der Waals surface area contributed by atoms with E-state index in [1.54, 1.807) is 19.1 Å². The summed E-state index contributed by atoms with van der Waals surface area (Å²) in [6.45, 7) is 2.64. The van der Waals surface area contributed by atoms with Gasteiger partial charge < -0.3 is 9.15 Å². The number of benzene rings is 2. The summed E-state index contributed by atoms with van der Waals surface area (Å²) in [5, 5.41) is 0.512. The Kier molecular flexibility index (Phi) is 4.26. The van der Waals surface area contributed by atoms with Crippen LogP contribution in [0.4, 0.5) is 0 Å². The first kappa shape index (κ1) is 18.4. The normalized spacial score (nSPS) is 21.1. The second kappa shape index (κ2) is 6.71. The first-order chi connectivity index (χ1) is 13.9. The van der Waals surface area contributed by atoms with Gasteiger partial charge in [0.15, 0.2) is 9.84 Å². The molecule has 0 spiro atoms. The SMILES string of the molecule is Cc1oc2c3c(ccc2c(=O)c1-c1ccccc1)OCN(C1CCS(=O)(=O)C1)C3. The second-order valence-electron chi connectivity index (χ2n) is 7.72. The maximum Gasteiger partial charge on any atom is 0.200 e. The Hall–Kier alpha value is -2.64. The molecule has 2 aliphatic heterocycles. The van der Waals surface area contributed by atoms with E-state index in [0.29, 0.717) is 47.7 Å². The van der Waals surface area contributed by atoms with E-state index in [1.165, 1.54) is 0 Å². The maximum atomic E-state index is 13.3. The van der Waals surface area contributed by atoms with Crippen LogP contribution in [0.15, 0.2) is 51.7 Å². The van der Waals surface area contributed by atoms with Crippen molar-refractivity contribution in [3.63, 3.8) is 0 Å². The van der Waals surface area contributed by atoms with Gasteiger partial charge in [0.25, 0.3) is 0 Å². The average molecular weight is 411 g/mol. The van der Waals surface area contributed by atoms with Crippen LogP contribution in [0, 0.1) is 6.92 Å². The lowest BCUT2D eigenvalue weighted by Crippen LogP contribution is -2.41.